The van der Waals surface area contributed by atoms with Gasteiger partial charge in [-0.2, -0.15) is 6.08 Å². The van der Waals surface area contributed by atoms with E-state index in [1.165, 1.54) is 68.6 Å². The summed E-state index contributed by atoms with van der Waals surface area (Å²) in [6, 6.07) is 46.7. The fourth-order valence-electron chi connectivity index (χ4n) is 6.40. The van der Waals surface area contributed by atoms with E-state index in [9.17, 15) is 0 Å². The molecule has 50 heavy (non-hydrogen) atoms. The summed E-state index contributed by atoms with van der Waals surface area (Å²) in [5, 5.41) is 10.8. The van der Waals surface area contributed by atoms with Crippen molar-refractivity contribution in [3.63, 3.8) is 0 Å². The van der Waals surface area contributed by atoms with Gasteiger partial charge in [0.2, 0.25) is 0 Å². The molecule has 3 heteroatoms. The molecule has 0 atom stereocenters. The van der Waals surface area contributed by atoms with Crippen molar-refractivity contribution in [3.8, 4) is 0 Å². The van der Waals surface area contributed by atoms with Crippen LogP contribution in [0.5, 0.6) is 0 Å². The van der Waals surface area contributed by atoms with Crippen LogP contribution >= 0.6 is 0 Å². The molecular formula is C47H44Cl2Hf-2. The smallest absolute Gasteiger partial charge is 0.0255 e. The summed E-state index contributed by atoms with van der Waals surface area (Å²) in [5.41, 5.74) is 5.96. The Bertz CT molecular complexity index is 2200. The van der Waals surface area contributed by atoms with Crippen molar-refractivity contribution >= 4 is 46.3 Å². The van der Waals surface area contributed by atoms with Crippen LogP contribution in [0.2, 0.25) is 0 Å². The minimum Gasteiger partial charge on any atom is -1.00 e. The quantitative estimate of drug-likeness (QED) is 0.103. The van der Waals surface area contributed by atoms with Crippen molar-refractivity contribution in [1.82, 2.24) is 0 Å². The van der Waals surface area contributed by atoms with E-state index in [1.54, 1.807) is 0 Å². The standard InChI is InChI=1S/C21H13.C21H26.C5H5.2ClH.Hf/c1-2-8-15-14(7-1)13-20-18-11-4-3-9-16(18)17-10-5-6-12-19(17)21(15)20;1-20(2,3)18-11-7-16(8-12-18)15-17-9-13-19(14-10-17)21(4,5)6;1-2-4-5-3-1;;;/h1-13H;7-14H,1-6H3;1-3H,4H2;2*1H;/q-1;;-1;;;+2/p-2. The number of benzene rings is 6. The van der Waals surface area contributed by atoms with E-state index < -0.39 is 0 Å². The van der Waals surface area contributed by atoms with Crippen molar-refractivity contribution in [1.29, 1.82) is 0 Å². The van der Waals surface area contributed by atoms with Crippen molar-refractivity contribution in [3.05, 3.63) is 174 Å². The first-order chi connectivity index (χ1) is 23.0. The second kappa shape index (κ2) is 16.7. The largest absolute Gasteiger partial charge is 1.00 e. The Morgan fingerprint density at radius 2 is 1.00 bits per heavy atom. The molecule has 0 bridgehead atoms. The molecular weight excluding hydrogens is 814 g/mol. The van der Waals surface area contributed by atoms with E-state index in [4.69, 9.17) is 0 Å². The normalized spacial score (nSPS) is 12.2. The molecule has 0 heterocycles. The number of hydrogen-bond donors (Lipinski definition) is 0. The molecule has 0 saturated carbocycles. The molecule has 0 spiro atoms. The zero-order valence-corrected chi connectivity index (χ0v) is 34.9. The van der Waals surface area contributed by atoms with E-state index in [0.717, 1.165) is 30.3 Å². The van der Waals surface area contributed by atoms with E-state index in [1.807, 2.05) is 12.2 Å². The molecule has 0 nitrogen and oxygen atoms in total. The van der Waals surface area contributed by atoms with Gasteiger partial charge in [0.15, 0.2) is 0 Å². The summed E-state index contributed by atoms with van der Waals surface area (Å²) in [7, 11) is 0. The summed E-state index contributed by atoms with van der Waals surface area (Å²) in [6.07, 6.45) is 10.0. The Morgan fingerprint density at radius 3 is 1.44 bits per heavy atom. The molecule has 0 unspecified atom stereocenters. The molecule has 0 saturated heterocycles. The van der Waals surface area contributed by atoms with Gasteiger partial charge in [-0.25, -0.2) is 12.2 Å². The molecule has 7 aromatic carbocycles. The van der Waals surface area contributed by atoms with Crippen LogP contribution < -0.4 is 24.8 Å². The van der Waals surface area contributed by atoms with Crippen molar-refractivity contribution in [2.45, 2.75) is 58.8 Å². The van der Waals surface area contributed by atoms with Gasteiger partial charge < -0.3 is 24.8 Å². The summed E-state index contributed by atoms with van der Waals surface area (Å²) >= 11 is 1.06. The number of fused-ring (bicyclic) bond motifs is 8. The van der Waals surface area contributed by atoms with Gasteiger partial charge in [-0.05, 0) is 10.8 Å². The zero-order valence-electron chi connectivity index (χ0n) is 29.8. The average Bonchev–Trinajstić information content (AvgIpc) is 3.81. The van der Waals surface area contributed by atoms with Crippen LogP contribution in [0.3, 0.4) is 0 Å². The molecule has 7 aromatic rings. The Morgan fingerprint density at radius 1 is 0.560 bits per heavy atom. The fraction of sp³-hybridized carbons (Fsp3) is 0.191. The number of allylic oxidation sites excluding steroid dienone is 4. The van der Waals surface area contributed by atoms with Gasteiger partial charge in [0, 0.05) is 0 Å². The third kappa shape index (κ3) is 8.68. The van der Waals surface area contributed by atoms with Crippen LogP contribution in [0.15, 0.2) is 146 Å². The van der Waals surface area contributed by atoms with Crippen LogP contribution in [0.25, 0.3) is 43.1 Å². The van der Waals surface area contributed by atoms with Gasteiger partial charge in [-0.3, -0.25) is 6.08 Å². The summed E-state index contributed by atoms with van der Waals surface area (Å²) < 4.78 is 1.47. The molecule has 0 aliphatic heterocycles. The molecule has 0 N–H and O–H groups in total. The Labute approximate surface area is 325 Å². The molecule has 0 amide bonds. The Kier molecular flexibility index (Phi) is 13.1. The van der Waals surface area contributed by atoms with Crippen molar-refractivity contribution in [2.75, 3.05) is 0 Å². The van der Waals surface area contributed by atoms with Crippen LogP contribution in [-0.2, 0) is 34.7 Å². The first-order valence-electron chi connectivity index (χ1n) is 16.9. The topological polar surface area (TPSA) is 0 Å². The predicted octanol–water partition coefficient (Wildman–Crippen LogP) is 6.73. The van der Waals surface area contributed by atoms with E-state index in [2.05, 4.69) is 181 Å². The van der Waals surface area contributed by atoms with Crippen LogP contribution in [-0.4, -0.2) is 3.26 Å². The minimum atomic E-state index is 0. The van der Waals surface area contributed by atoms with Gasteiger partial charge in [-0.1, -0.05) is 77.5 Å². The first-order valence-corrected chi connectivity index (χ1v) is 18.7. The molecule has 252 valence electrons. The Hall–Kier alpha value is -3.49. The predicted molar refractivity (Wildman–Crippen MR) is 207 cm³/mol. The fourth-order valence-corrected chi connectivity index (χ4v) is 7.59. The molecule has 0 fully saturated rings. The van der Waals surface area contributed by atoms with Crippen LogP contribution in [0.1, 0.15) is 70.2 Å². The van der Waals surface area contributed by atoms with Gasteiger partial charge in [0.05, 0.1) is 0 Å². The van der Waals surface area contributed by atoms with E-state index in [0.29, 0.717) is 0 Å². The molecule has 0 radical (unpaired) electrons. The van der Waals surface area contributed by atoms with Crippen LogP contribution in [0.4, 0.5) is 0 Å². The molecule has 8 rings (SSSR count). The molecule has 1 aliphatic carbocycles. The monoisotopic (exact) mass is 858 g/mol. The minimum absolute atomic E-state index is 0. The van der Waals surface area contributed by atoms with Crippen molar-refractivity contribution in [2.24, 2.45) is 0 Å². The zero-order chi connectivity index (χ0) is 33.9. The second-order valence-electron chi connectivity index (χ2n) is 14.6. The first kappa shape index (κ1) is 39.3. The SMILES string of the molecule is CC(C)(C)c1ccc([C](=[Hf+2])c2ccc(C(C)(C)C)cc2)cc1.[C-]1=CC=CC1.[Cl-].[Cl-].c1ccc2c(c1)[cH-]c1c3ccccc3c3ccccc3c21. The third-order valence-corrected chi connectivity index (χ3v) is 11.2. The number of rotatable bonds is 2. The molecule has 1 aliphatic rings. The number of halogens is 2. The maximum atomic E-state index is 2.99. The average molecular weight is 858 g/mol. The van der Waals surface area contributed by atoms with E-state index >= 15 is 0 Å². The van der Waals surface area contributed by atoms with Gasteiger partial charge >= 0.3 is 150 Å². The maximum absolute atomic E-state index is 2.99. The summed E-state index contributed by atoms with van der Waals surface area (Å²) in [5.74, 6) is 0. The maximum Gasteiger partial charge on any atom is -0.0255 e. The van der Waals surface area contributed by atoms with Crippen molar-refractivity contribution < 1.29 is 48.7 Å². The Balaban J connectivity index is 0.000000190. The van der Waals surface area contributed by atoms with E-state index in [-0.39, 0.29) is 35.6 Å². The second-order valence-corrected chi connectivity index (χ2v) is 16.4. The number of hydrogen-bond acceptors (Lipinski definition) is 0. The van der Waals surface area contributed by atoms with Crippen LogP contribution in [0, 0.1) is 6.08 Å². The summed E-state index contributed by atoms with van der Waals surface area (Å²) in [4.78, 5) is 0. The van der Waals surface area contributed by atoms with Gasteiger partial charge in [0.25, 0.3) is 0 Å². The summed E-state index contributed by atoms with van der Waals surface area (Å²) in [6.45, 7) is 13.6. The van der Waals surface area contributed by atoms with Gasteiger partial charge in [-0.15, -0.1) is 40.1 Å². The third-order valence-electron chi connectivity index (χ3n) is 9.17. The van der Waals surface area contributed by atoms with Gasteiger partial charge in [0.1, 0.15) is 0 Å². The molecule has 0 aromatic heterocycles.